The highest BCUT2D eigenvalue weighted by Crippen LogP contribution is 2.21. The number of rotatable bonds is 11. The van der Waals surface area contributed by atoms with Gasteiger partial charge in [-0.05, 0) is 65.6 Å². The van der Waals surface area contributed by atoms with E-state index in [9.17, 15) is 14.4 Å². The monoisotopic (exact) mass is 522 g/mol. The summed E-state index contributed by atoms with van der Waals surface area (Å²) >= 11 is 0. The summed E-state index contributed by atoms with van der Waals surface area (Å²) in [6.45, 7) is 4.69. The Kier molecular flexibility index (Phi) is 10.6. The first-order valence-corrected chi connectivity index (χ1v) is 12.7. The van der Waals surface area contributed by atoms with Gasteiger partial charge in [-0.15, -0.1) is 0 Å². The largest absolute Gasteiger partial charge is 0.399 e. The van der Waals surface area contributed by atoms with E-state index in [-0.39, 0.29) is 24.3 Å². The molecule has 2 amide bonds. The Labute approximate surface area is 230 Å². The van der Waals surface area contributed by atoms with Crippen molar-refractivity contribution >= 4 is 29.9 Å². The maximum absolute atomic E-state index is 12.4. The van der Waals surface area contributed by atoms with E-state index < -0.39 is 0 Å². The van der Waals surface area contributed by atoms with Gasteiger partial charge >= 0.3 is 0 Å². The molecule has 0 bridgehead atoms. The predicted molar refractivity (Wildman–Crippen MR) is 156 cm³/mol. The molecule has 0 spiro atoms. The number of nitrogens with one attached hydrogen (secondary N) is 2. The van der Waals surface area contributed by atoms with Crippen molar-refractivity contribution < 1.29 is 14.4 Å². The third-order valence-electron chi connectivity index (χ3n) is 6.42. The quantitative estimate of drug-likeness (QED) is 0.202. The maximum Gasteiger partial charge on any atom is 0.296 e. The molecule has 0 aliphatic carbocycles. The second-order valence-corrected chi connectivity index (χ2v) is 9.20. The lowest BCUT2D eigenvalue weighted by molar-refractivity contribution is -0.121. The molecule has 200 valence electrons. The van der Waals surface area contributed by atoms with Crippen molar-refractivity contribution in [2.75, 3.05) is 19.8 Å². The summed E-state index contributed by atoms with van der Waals surface area (Å²) in [6, 6.07) is 20.8. The van der Waals surface area contributed by atoms with E-state index in [1.807, 2.05) is 78.7 Å². The fourth-order valence-corrected chi connectivity index (χ4v) is 4.06. The number of nitrogens with zero attached hydrogens (tertiary/aromatic N) is 1. The van der Waals surface area contributed by atoms with Gasteiger partial charge in [0, 0.05) is 43.7 Å². The van der Waals surface area contributed by atoms with Crippen molar-refractivity contribution in [3.63, 3.8) is 0 Å². The zero-order chi connectivity index (χ0) is 28.2. The molecule has 3 aromatic rings. The summed E-state index contributed by atoms with van der Waals surface area (Å²) in [7, 11) is 3.43. The molecule has 1 atom stereocenters. The van der Waals surface area contributed by atoms with E-state index in [1.165, 1.54) is 0 Å². The molecular formula is C32H34N4O3. The number of hydrogen-bond donors (Lipinski definition) is 3. The van der Waals surface area contributed by atoms with Gasteiger partial charge in [0.25, 0.3) is 5.91 Å². The Balaban J connectivity index is 1.59. The minimum absolute atomic E-state index is 0.0990. The highest BCUT2D eigenvalue weighted by atomic mass is 16.2. The van der Waals surface area contributed by atoms with Crippen LogP contribution < -0.4 is 16.4 Å². The summed E-state index contributed by atoms with van der Waals surface area (Å²) in [6.07, 6.45) is 3.33. The van der Waals surface area contributed by atoms with Crippen molar-refractivity contribution in [3.8, 4) is 23.0 Å². The number of likely N-dealkylation sites (N-methyl/N-ethyl adjacent to an activating group) is 1. The Morgan fingerprint density at radius 1 is 1.05 bits per heavy atom. The van der Waals surface area contributed by atoms with Crippen LogP contribution in [0.15, 0.2) is 73.3 Å². The van der Waals surface area contributed by atoms with Crippen LogP contribution in [0.2, 0.25) is 0 Å². The fourth-order valence-electron chi connectivity index (χ4n) is 4.06. The predicted octanol–water partition coefficient (Wildman–Crippen LogP) is 3.77. The van der Waals surface area contributed by atoms with Crippen LogP contribution in [0.3, 0.4) is 0 Å². The number of amides is 2. The number of carbonyl (C=O) groups excluding carboxylic acids is 3. The van der Waals surface area contributed by atoms with E-state index in [0.29, 0.717) is 25.2 Å². The lowest BCUT2D eigenvalue weighted by Crippen LogP contribution is -2.34. The zero-order valence-electron chi connectivity index (χ0n) is 22.4. The molecule has 7 nitrogen and oxygen atoms in total. The van der Waals surface area contributed by atoms with Crippen LogP contribution in [0.1, 0.15) is 35.1 Å². The molecule has 3 aromatic carbocycles. The van der Waals surface area contributed by atoms with Crippen LogP contribution in [0.4, 0.5) is 5.69 Å². The number of aldehydes is 1. The lowest BCUT2D eigenvalue weighted by Gasteiger charge is -2.24. The van der Waals surface area contributed by atoms with Gasteiger partial charge in [-0.1, -0.05) is 61.0 Å². The van der Waals surface area contributed by atoms with Gasteiger partial charge in [-0.3, -0.25) is 14.5 Å². The van der Waals surface area contributed by atoms with Gasteiger partial charge in [-0.2, -0.15) is 0 Å². The van der Waals surface area contributed by atoms with Crippen LogP contribution in [-0.2, 0) is 27.5 Å². The van der Waals surface area contributed by atoms with E-state index in [0.717, 1.165) is 39.7 Å². The number of carbonyl (C=O) groups is 3. The first kappa shape index (κ1) is 28.9. The molecule has 4 N–H and O–H groups in total. The molecule has 0 aromatic heterocycles. The average Bonchev–Trinajstić information content (AvgIpc) is 2.96. The van der Waals surface area contributed by atoms with Gasteiger partial charge in [0.15, 0.2) is 0 Å². The van der Waals surface area contributed by atoms with Crippen LogP contribution in [0.25, 0.3) is 17.2 Å². The summed E-state index contributed by atoms with van der Waals surface area (Å²) in [4.78, 5) is 37.5. The van der Waals surface area contributed by atoms with Gasteiger partial charge < -0.3 is 21.2 Å². The van der Waals surface area contributed by atoms with Gasteiger partial charge in [0.05, 0.1) is 6.04 Å². The number of anilines is 1. The molecule has 0 radical (unpaired) electrons. The van der Waals surface area contributed by atoms with Gasteiger partial charge in [0.1, 0.15) is 6.29 Å². The summed E-state index contributed by atoms with van der Waals surface area (Å²) in [5, 5.41) is 5.41. The molecule has 0 aliphatic rings. The van der Waals surface area contributed by atoms with Crippen LogP contribution >= 0.6 is 0 Å². The summed E-state index contributed by atoms with van der Waals surface area (Å²) < 4.78 is 0. The third-order valence-corrected chi connectivity index (χ3v) is 6.42. The van der Waals surface area contributed by atoms with Crippen molar-refractivity contribution in [2.45, 2.75) is 32.0 Å². The Bertz CT molecular complexity index is 1370. The van der Waals surface area contributed by atoms with Gasteiger partial charge in [-0.25, -0.2) is 0 Å². The van der Waals surface area contributed by atoms with Gasteiger partial charge in [0.2, 0.25) is 5.91 Å². The van der Waals surface area contributed by atoms with E-state index in [4.69, 9.17) is 5.73 Å². The summed E-state index contributed by atoms with van der Waals surface area (Å²) in [5.41, 5.74) is 12.1. The van der Waals surface area contributed by atoms with Crippen LogP contribution in [0, 0.1) is 11.8 Å². The molecule has 0 saturated heterocycles. The molecule has 39 heavy (non-hydrogen) atoms. The zero-order valence-corrected chi connectivity index (χ0v) is 22.4. The lowest BCUT2D eigenvalue weighted by atomic mass is 10.0. The number of benzene rings is 3. The highest BCUT2D eigenvalue weighted by molar-refractivity contribution is 5.94. The Hall–Kier alpha value is -4.67. The number of nitrogen functional groups attached to an aromatic ring is 1. The Morgan fingerprint density at radius 3 is 2.33 bits per heavy atom. The normalized spacial score (nSPS) is 11.2. The standard InChI is InChI=1S/C32H34N4O3/c1-4-25-9-7-24(19-28(25)21-36(3)30(22-37)16-18-31(38)34-2)20-35-32(39)17-8-23-5-10-26(11-6-23)27-12-14-29(33)15-13-27/h4-7,9-15,19,22,30H,1,16,18,20-21,33H2,2-3H3,(H,34,38)(H,35,39). The minimum atomic E-state index is -0.390. The number of nitrogens with two attached hydrogens (primary N) is 1. The summed E-state index contributed by atoms with van der Waals surface area (Å²) in [5.74, 6) is 5.07. The van der Waals surface area contributed by atoms with Crippen molar-refractivity contribution in [1.29, 1.82) is 0 Å². The maximum atomic E-state index is 12.4. The third kappa shape index (κ3) is 8.70. The van der Waals surface area contributed by atoms with E-state index >= 15 is 0 Å². The molecular weight excluding hydrogens is 488 g/mol. The van der Waals surface area contributed by atoms with Crippen LogP contribution in [0.5, 0.6) is 0 Å². The molecule has 3 rings (SSSR count). The number of hydrogen-bond acceptors (Lipinski definition) is 5. The molecule has 7 heteroatoms. The smallest absolute Gasteiger partial charge is 0.296 e. The van der Waals surface area contributed by atoms with E-state index in [2.05, 4.69) is 29.1 Å². The first-order valence-electron chi connectivity index (χ1n) is 12.7. The molecule has 0 fully saturated rings. The molecule has 0 aliphatic heterocycles. The van der Waals surface area contributed by atoms with E-state index in [1.54, 1.807) is 13.1 Å². The fraction of sp³-hybridized carbons (Fsp3) is 0.219. The SMILES string of the molecule is C=Cc1ccc(CNC(=O)C#Cc2ccc(-c3ccc(N)cc3)cc2)cc1CN(C)C(C=O)CCC(=O)NC. The van der Waals surface area contributed by atoms with Crippen molar-refractivity contribution in [1.82, 2.24) is 15.5 Å². The second kappa shape index (κ2) is 14.3. The average molecular weight is 523 g/mol. The van der Waals surface area contributed by atoms with Crippen molar-refractivity contribution in [3.05, 3.63) is 95.6 Å². The first-order chi connectivity index (χ1) is 18.8. The molecule has 0 heterocycles. The minimum Gasteiger partial charge on any atom is -0.399 e. The van der Waals surface area contributed by atoms with Crippen LogP contribution in [-0.4, -0.2) is 43.1 Å². The molecule has 1 unspecified atom stereocenters. The topological polar surface area (TPSA) is 105 Å². The van der Waals surface area contributed by atoms with Crippen molar-refractivity contribution in [2.24, 2.45) is 0 Å². The molecule has 0 saturated carbocycles. The second-order valence-electron chi connectivity index (χ2n) is 9.20. The Morgan fingerprint density at radius 2 is 1.72 bits per heavy atom. The highest BCUT2D eigenvalue weighted by Gasteiger charge is 2.17.